The summed E-state index contributed by atoms with van der Waals surface area (Å²) in [6.45, 7) is 0.453. The first-order valence-electron chi connectivity index (χ1n) is 5.88. The van der Waals surface area contributed by atoms with Gasteiger partial charge in [0.25, 0.3) is 11.6 Å². The third-order valence-electron chi connectivity index (χ3n) is 2.32. The fourth-order valence-corrected chi connectivity index (χ4v) is 1.33. The van der Waals surface area contributed by atoms with Crippen molar-refractivity contribution in [3.05, 3.63) is 34.4 Å². The van der Waals surface area contributed by atoms with E-state index in [9.17, 15) is 14.9 Å². The summed E-state index contributed by atoms with van der Waals surface area (Å²) in [5, 5.41) is 21.6. The van der Waals surface area contributed by atoms with Gasteiger partial charge in [-0.2, -0.15) is 0 Å². The van der Waals surface area contributed by atoms with Crippen LogP contribution in [0.5, 0.6) is 5.75 Å². The van der Waals surface area contributed by atoms with E-state index in [2.05, 4.69) is 5.32 Å². The maximum absolute atomic E-state index is 11.3. The molecule has 1 amide bonds. The van der Waals surface area contributed by atoms with Gasteiger partial charge < -0.3 is 15.2 Å². The van der Waals surface area contributed by atoms with E-state index >= 15 is 0 Å². The number of hydrogen-bond donors (Lipinski definition) is 2. The molecule has 7 heteroatoms. The number of non-ortho nitro benzene ring substituents is 1. The number of rotatable bonds is 8. The second kappa shape index (κ2) is 8.04. The zero-order valence-electron chi connectivity index (χ0n) is 10.4. The van der Waals surface area contributed by atoms with Gasteiger partial charge >= 0.3 is 0 Å². The first-order valence-corrected chi connectivity index (χ1v) is 5.88. The van der Waals surface area contributed by atoms with E-state index in [0.717, 1.165) is 0 Å². The number of nitro groups is 1. The van der Waals surface area contributed by atoms with Gasteiger partial charge in [0.05, 0.1) is 4.92 Å². The Morgan fingerprint density at radius 3 is 2.58 bits per heavy atom. The summed E-state index contributed by atoms with van der Waals surface area (Å²) < 4.78 is 5.18. The largest absolute Gasteiger partial charge is 0.484 e. The zero-order valence-corrected chi connectivity index (χ0v) is 10.4. The predicted molar refractivity (Wildman–Crippen MR) is 67.9 cm³/mol. The van der Waals surface area contributed by atoms with Crippen LogP contribution in [0.15, 0.2) is 24.3 Å². The van der Waals surface area contributed by atoms with Gasteiger partial charge in [-0.3, -0.25) is 14.9 Å². The molecule has 19 heavy (non-hydrogen) atoms. The third kappa shape index (κ3) is 5.82. The first kappa shape index (κ1) is 14.9. The lowest BCUT2D eigenvalue weighted by Gasteiger charge is -2.06. The van der Waals surface area contributed by atoms with Crippen LogP contribution in [0.25, 0.3) is 0 Å². The van der Waals surface area contributed by atoms with E-state index in [0.29, 0.717) is 25.1 Å². The van der Waals surface area contributed by atoms with Crippen LogP contribution in [-0.4, -0.2) is 35.7 Å². The minimum absolute atomic E-state index is 0.0270. The minimum Gasteiger partial charge on any atom is -0.484 e. The smallest absolute Gasteiger partial charge is 0.269 e. The van der Waals surface area contributed by atoms with Crippen molar-refractivity contribution in [2.45, 2.75) is 12.8 Å². The summed E-state index contributed by atoms with van der Waals surface area (Å²) in [5.74, 6) is 0.132. The summed E-state index contributed by atoms with van der Waals surface area (Å²) in [6, 6.07) is 5.51. The molecule has 1 rings (SSSR count). The van der Waals surface area contributed by atoms with Crippen molar-refractivity contribution >= 4 is 11.6 Å². The Hall–Kier alpha value is -2.15. The number of amides is 1. The summed E-state index contributed by atoms with van der Waals surface area (Å²) in [7, 11) is 0. The topological polar surface area (TPSA) is 102 Å². The second-order valence-electron chi connectivity index (χ2n) is 3.82. The highest BCUT2D eigenvalue weighted by Crippen LogP contribution is 2.16. The average Bonchev–Trinajstić information content (AvgIpc) is 2.42. The Morgan fingerprint density at radius 2 is 2.00 bits per heavy atom. The number of benzene rings is 1. The van der Waals surface area contributed by atoms with E-state index in [1.54, 1.807) is 0 Å². The van der Waals surface area contributed by atoms with Gasteiger partial charge in [-0.05, 0) is 25.0 Å². The van der Waals surface area contributed by atoms with Crippen LogP contribution in [-0.2, 0) is 4.79 Å². The van der Waals surface area contributed by atoms with E-state index in [1.165, 1.54) is 24.3 Å². The van der Waals surface area contributed by atoms with Crippen molar-refractivity contribution in [3.63, 3.8) is 0 Å². The van der Waals surface area contributed by atoms with Crippen LogP contribution >= 0.6 is 0 Å². The fourth-order valence-electron chi connectivity index (χ4n) is 1.33. The van der Waals surface area contributed by atoms with Gasteiger partial charge in [-0.1, -0.05) is 0 Å². The number of aliphatic hydroxyl groups is 1. The molecular formula is C12H16N2O5. The molecule has 0 saturated heterocycles. The molecule has 0 aliphatic carbocycles. The summed E-state index contributed by atoms with van der Waals surface area (Å²) in [4.78, 5) is 21.3. The van der Waals surface area contributed by atoms with Crippen molar-refractivity contribution < 1.29 is 19.6 Å². The molecule has 104 valence electrons. The van der Waals surface area contributed by atoms with Crippen LogP contribution in [0.4, 0.5) is 5.69 Å². The zero-order chi connectivity index (χ0) is 14.1. The van der Waals surface area contributed by atoms with E-state index in [1.807, 2.05) is 0 Å². The predicted octanol–water partition coefficient (Wildman–Crippen LogP) is 0.862. The molecule has 0 aliphatic heterocycles. The Labute approximate surface area is 110 Å². The molecule has 2 N–H and O–H groups in total. The maximum atomic E-state index is 11.3. The molecule has 0 spiro atoms. The van der Waals surface area contributed by atoms with E-state index < -0.39 is 4.92 Å². The standard InChI is InChI=1S/C12H16N2O5/c15-8-2-1-7-13-12(16)9-19-11-5-3-10(4-6-11)14(17)18/h3-6,15H,1-2,7-9H2,(H,13,16). The highest BCUT2D eigenvalue weighted by Gasteiger charge is 2.06. The molecule has 0 saturated carbocycles. The minimum atomic E-state index is -0.502. The van der Waals surface area contributed by atoms with Crippen molar-refractivity contribution in [2.24, 2.45) is 0 Å². The van der Waals surface area contributed by atoms with Gasteiger partial charge in [-0.25, -0.2) is 0 Å². The molecular weight excluding hydrogens is 252 g/mol. The highest BCUT2D eigenvalue weighted by molar-refractivity contribution is 5.77. The summed E-state index contributed by atoms with van der Waals surface area (Å²) in [6.07, 6.45) is 1.35. The molecule has 1 aromatic carbocycles. The lowest BCUT2D eigenvalue weighted by Crippen LogP contribution is -2.29. The molecule has 0 radical (unpaired) electrons. The molecule has 7 nitrogen and oxygen atoms in total. The lowest BCUT2D eigenvalue weighted by atomic mass is 10.3. The number of nitro benzene ring substituents is 1. The Kier molecular flexibility index (Phi) is 6.31. The molecule has 0 heterocycles. The first-order chi connectivity index (χ1) is 9.13. The van der Waals surface area contributed by atoms with Crippen molar-refractivity contribution in [3.8, 4) is 5.75 Å². The van der Waals surface area contributed by atoms with Gasteiger partial charge in [0, 0.05) is 25.3 Å². The Bertz CT molecular complexity index is 419. The number of carbonyl (C=O) groups excluding carboxylic acids is 1. The molecule has 0 unspecified atom stereocenters. The monoisotopic (exact) mass is 268 g/mol. The molecule has 0 aliphatic rings. The second-order valence-corrected chi connectivity index (χ2v) is 3.82. The van der Waals surface area contributed by atoms with Crippen LogP contribution < -0.4 is 10.1 Å². The van der Waals surface area contributed by atoms with Crippen LogP contribution in [0, 0.1) is 10.1 Å². The fraction of sp³-hybridized carbons (Fsp3) is 0.417. The highest BCUT2D eigenvalue weighted by atomic mass is 16.6. The Balaban J connectivity index is 2.28. The van der Waals surface area contributed by atoms with Crippen molar-refractivity contribution in [1.29, 1.82) is 0 Å². The number of nitrogens with zero attached hydrogens (tertiary/aromatic N) is 1. The molecule has 0 bridgehead atoms. The average molecular weight is 268 g/mol. The van der Waals surface area contributed by atoms with E-state index in [4.69, 9.17) is 9.84 Å². The van der Waals surface area contributed by atoms with Crippen LogP contribution in [0.3, 0.4) is 0 Å². The molecule has 0 aromatic heterocycles. The van der Waals surface area contributed by atoms with Gasteiger partial charge in [0.1, 0.15) is 5.75 Å². The normalized spacial score (nSPS) is 9.95. The van der Waals surface area contributed by atoms with Crippen molar-refractivity contribution in [2.75, 3.05) is 19.8 Å². The van der Waals surface area contributed by atoms with Crippen LogP contribution in [0.2, 0.25) is 0 Å². The molecule has 0 fully saturated rings. The van der Waals surface area contributed by atoms with Gasteiger partial charge in [-0.15, -0.1) is 0 Å². The Morgan fingerprint density at radius 1 is 1.32 bits per heavy atom. The number of nitrogens with one attached hydrogen (secondary N) is 1. The molecule has 0 atom stereocenters. The molecule has 1 aromatic rings. The summed E-state index contributed by atoms with van der Waals surface area (Å²) >= 11 is 0. The number of carbonyl (C=O) groups is 1. The van der Waals surface area contributed by atoms with E-state index in [-0.39, 0.29) is 24.8 Å². The maximum Gasteiger partial charge on any atom is 0.269 e. The number of hydrogen-bond acceptors (Lipinski definition) is 5. The van der Waals surface area contributed by atoms with Crippen molar-refractivity contribution in [1.82, 2.24) is 5.32 Å². The third-order valence-corrected chi connectivity index (χ3v) is 2.32. The van der Waals surface area contributed by atoms with Crippen LogP contribution in [0.1, 0.15) is 12.8 Å². The lowest BCUT2D eigenvalue weighted by molar-refractivity contribution is -0.384. The SMILES string of the molecule is O=C(COc1ccc([N+](=O)[O-])cc1)NCCCCO. The number of aliphatic hydroxyl groups excluding tert-OH is 1. The number of ether oxygens (including phenoxy) is 1. The van der Waals surface area contributed by atoms with Gasteiger partial charge in [0.2, 0.25) is 0 Å². The number of unbranched alkanes of at least 4 members (excludes halogenated alkanes) is 1. The summed E-state index contributed by atoms with van der Waals surface area (Å²) in [5.41, 5.74) is -0.0270. The van der Waals surface area contributed by atoms with Gasteiger partial charge in [0.15, 0.2) is 6.61 Å². The quantitative estimate of drug-likeness (QED) is 0.413.